The monoisotopic (exact) mass is 493 g/mol. The quantitative estimate of drug-likeness (QED) is 0.394. The average molecular weight is 494 g/mol. The highest BCUT2D eigenvalue weighted by Crippen LogP contribution is 2.38. The molecule has 35 heavy (non-hydrogen) atoms. The third-order valence-electron chi connectivity index (χ3n) is 7.18. The standard InChI is InChI=1S/C26H31N5O3S/c1-30(12-13-34-2)22-10-8-19(9-11-22)20-14-24-25(21-16-28-29-17-21)18-31(26(24)27-15-20)35(32,33)23-6-4-3-5-7-23/h3-7,14-19,22H,8-13H2,1-2H3,(H,28,29). The molecule has 0 amide bonds. The van der Waals surface area contributed by atoms with Crippen LogP contribution in [0.1, 0.15) is 37.2 Å². The Hall–Kier alpha value is -3.01. The van der Waals surface area contributed by atoms with E-state index >= 15 is 0 Å². The number of aromatic nitrogens is 4. The number of nitrogens with zero attached hydrogens (tertiary/aromatic N) is 4. The maximum absolute atomic E-state index is 13.5. The zero-order valence-electron chi connectivity index (χ0n) is 20.1. The summed E-state index contributed by atoms with van der Waals surface area (Å²) < 4.78 is 33.5. The highest BCUT2D eigenvalue weighted by molar-refractivity contribution is 7.90. The molecule has 8 nitrogen and oxygen atoms in total. The summed E-state index contributed by atoms with van der Waals surface area (Å²) >= 11 is 0. The summed E-state index contributed by atoms with van der Waals surface area (Å²) in [6.45, 7) is 1.69. The minimum Gasteiger partial charge on any atom is -0.383 e. The smallest absolute Gasteiger partial charge is 0.269 e. The van der Waals surface area contributed by atoms with Crippen LogP contribution in [0.5, 0.6) is 0 Å². The number of hydrogen-bond acceptors (Lipinski definition) is 6. The van der Waals surface area contributed by atoms with Crippen molar-refractivity contribution in [1.29, 1.82) is 0 Å². The van der Waals surface area contributed by atoms with Gasteiger partial charge in [0.05, 0.1) is 17.7 Å². The maximum Gasteiger partial charge on any atom is 0.269 e. The Kier molecular flexibility index (Phi) is 6.73. The molecule has 0 atom stereocenters. The van der Waals surface area contributed by atoms with E-state index in [1.165, 1.54) is 3.97 Å². The van der Waals surface area contributed by atoms with Crippen molar-refractivity contribution in [3.63, 3.8) is 0 Å². The lowest BCUT2D eigenvalue weighted by atomic mass is 9.81. The molecular formula is C26H31N5O3S. The molecule has 1 aliphatic rings. The van der Waals surface area contributed by atoms with E-state index in [1.807, 2.05) is 6.20 Å². The Labute approximate surface area is 206 Å². The summed E-state index contributed by atoms with van der Waals surface area (Å²) in [4.78, 5) is 7.33. The zero-order chi connectivity index (χ0) is 24.4. The molecule has 3 heterocycles. The summed E-state index contributed by atoms with van der Waals surface area (Å²) in [5, 5.41) is 7.74. The Balaban J connectivity index is 1.49. The van der Waals surface area contributed by atoms with E-state index in [2.05, 4.69) is 28.2 Å². The summed E-state index contributed by atoms with van der Waals surface area (Å²) in [6.07, 6.45) is 11.4. The first-order chi connectivity index (χ1) is 17.0. The molecule has 0 unspecified atom stereocenters. The van der Waals surface area contributed by atoms with Gasteiger partial charge in [0.15, 0.2) is 5.65 Å². The lowest BCUT2D eigenvalue weighted by Crippen LogP contribution is -2.36. The van der Waals surface area contributed by atoms with Gasteiger partial charge in [-0.25, -0.2) is 17.4 Å². The highest BCUT2D eigenvalue weighted by atomic mass is 32.2. The van der Waals surface area contributed by atoms with Gasteiger partial charge in [0.1, 0.15) is 0 Å². The molecule has 3 aromatic heterocycles. The molecule has 0 spiro atoms. The third kappa shape index (κ3) is 4.63. The highest BCUT2D eigenvalue weighted by Gasteiger charge is 2.27. The molecular weight excluding hydrogens is 462 g/mol. The third-order valence-corrected chi connectivity index (χ3v) is 8.85. The lowest BCUT2D eigenvalue weighted by Gasteiger charge is -2.34. The number of rotatable bonds is 8. The van der Waals surface area contributed by atoms with E-state index in [0.29, 0.717) is 17.6 Å². The van der Waals surface area contributed by atoms with Crippen molar-refractivity contribution in [3.8, 4) is 11.1 Å². The SMILES string of the molecule is COCCN(C)C1CCC(c2cnc3c(c2)c(-c2cn[nH]c2)cn3S(=O)(=O)c2ccccc2)CC1. The second kappa shape index (κ2) is 9.93. The first kappa shape index (κ1) is 23.7. The van der Waals surface area contributed by atoms with Crippen LogP contribution < -0.4 is 0 Å². The summed E-state index contributed by atoms with van der Waals surface area (Å²) in [5.41, 5.74) is 3.23. The first-order valence-electron chi connectivity index (χ1n) is 12.0. The number of fused-ring (bicyclic) bond motifs is 1. The first-order valence-corrected chi connectivity index (χ1v) is 13.4. The Morgan fingerprint density at radius 1 is 1.14 bits per heavy atom. The van der Waals surface area contributed by atoms with Crippen LogP contribution >= 0.6 is 0 Å². The second-order valence-electron chi connectivity index (χ2n) is 9.26. The van der Waals surface area contributed by atoms with Crippen molar-refractivity contribution in [2.45, 2.75) is 42.5 Å². The van der Waals surface area contributed by atoms with E-state index in [9.17, 15) is 8.42 Å². The number of benzene rings is 1. The van der Waals surface area contributed by atoms with Crippen molar-refractivity contribution in [1.82, 2.24) is 24.1 Å². The maximum atomic E-state index is 13.5. The summed E-state index contributed by atoms with van der Waals surface area (Å²) in [7, 11) is 0.121. The minimum absolute atomic E-state index is 0.234. The van der Waals surface area contributed by atoms with Crippen LogP contribution in [0.3, 0.4) is 0 Å². The molecule has 0 bridgehead atoms. The minimum atomic E-state index is -3.79. The van der Waals surface area contributed by atoms with Crippen LogP contribution in [-0.4, -0.2) is 65.8 Å². The predicted octanol–water partition coefficient (Wildman–Crippen LogP) is 4.27. The molecule has 1 N–H and O–H groups in total. The van der Waals surface area contributed by atoms with Crippen molar-refractivity contribution in [2.24, 2.45) is 0 Å². The largest absolute Gasteiger partial charge is 0.383 e. The lowest BCUT2D eigenvalue weighted by molar-refractivity contribution is 0.120. The van der Waals surface area contributed by atoms with Gasteiger partial charge in [-0.05, 0) is 62.4 Å². The molecule has 4 aromatic rings. The van der Waals surface area contributed by atoms with Crippen molar-refractivity contribution >= 4 is 21.1 Å². The number of aromatic amines is 1. The predicted molar refractivity (Wildman–Crippen MR) is 136 cm³/mol. The van der Waals surface area contributed by atoms with Crippen molar-refractivity contribution < 1.29 is 13.2 Å². The Morgan fingerprint density at radius 2 is 1.91 bits per heavy atom. The second-order valence-corrected chi connectivity index (χ2v) is 11.1. The van der Waals surface area contributed by atoms with Gasteiger partial charge in [-0.15, -0.1) is 0 Å². The number of H-pyrrole nitrogens is 1. The van der Waals surface area contributed by atoms with Crippen molar-refractivity contribution in [3.05, 3.63) is 66.7 Å². The molecule has 0 saturated heterocycles. The molecule has 0 radical (unpaired) electrons. The fourth-order valence-corrected chi connectivity index (χ4v) is 6.45. The fourth-order valence-electron chi connectivity index (χ4n) is 5.10. The molecule has 1 saturated carbocycles. The fraction of sp³-hybridized carbons (Fsp3) is 0.385. The number of likely N-dealkylation sites (N-methyl/N-ethyl adjacent to an activating group) is 1. The van der Waals surface area contributed by atoms with Gasteiger partial charge >= 0.3 is 0 Å². The Bertz CT molecular complexity index is 1380. The van der Waals surface area contributed by atoms with Crippen LogP contribution in [0.4, 0.5) is 0 Å². The number of methoxy groups -OCH3 is 1. The average Bonchev–Trinajstić information content (AvgIpc) is 3.56. The molecule has 9 heteroatoms. The molecule has 5 rings (SSSR count). The van der Waals surface area contributed by atoms with Crippen LogP contribution in [0.15, 0.2) is 66.1 Å². The van der Waals surface area contributed by atoms with Gasteiger partial charge in [0.2, 0.25) is 0 Å². The van der Waals surface area contributed by atoms with E-state index in [1.54, 1.807) is 56.0 Å². The Morgan fingerprint density at radius 3 is 2.60 bits per heavy atom. The van der Waals surface area contributed by atoms with E-state index in [-0.39, 0.29) is 4.90 Å². The van der Waals surface area contributed by atoms with Crippen LogP contribution in [0.25, 0.3) is 22.2 Å². The van der Waals surface area contributed by atoms with Gasteiger partial charge in [-0.2, -0.15) is 5.10 Å². The van der Waals surface area contributed by atoms with Crippen LogP contribution in [0, 0.1) is 0 Å². The number of hydrogen-bond donors (Lipinski definition) is 1. The summed E-state index contributed by atoms with van der Waals surface area (Å²) in [6, 6.07) is 11.2. The number of nitrogens with one attached hydrogen (secondary N) is 1. The van der Waals surface area contributed by atoms with E-state index < -0.39 is 10.0 Å². The van der Waals surface area contributed by atoms with Crippen LogP contribution in [0.2, 0.25) is 0 Å². The van der Waals surface area contributed by atoms with E-state index in [0.717, 1.165) is 60.9 Å². The van der Waals surface area contributed by atoms with Gasteiger partial charge in [-0.1, -0.05) is 18.2 Å². The topological polar surface area (TPSA) is 93.1 Å². The van der Waals surface area contributed by atoms with Crippen LogP contribution in [-0.2, 0) is 14.8 Å². The van der Waals surface area contributed by atoms with E-state index in [4.69, 9.17) is 9.72 Å². The summed E-state index contributed by atoms with van der Waals surface area (Å²) in [5.74, 6) is 0.408. The molecule has 0 aliphatic heterocycles. The molecule has 1 aromatic carbocycles. The van der Waals surface area contributed by atoms with Gasteiger partial charge in [0, 0.05) is 54.8 Å². The van der Waals surface area contributed by atoms with Crippen molar-refractivity contribution in [2.75, 3.05) is 27.3 Å². The van der Waals surface area contributed by atoms with Gasteiger partial charge < -0.3 is 9.64 Å². The number of pyridine rings is 1. The molecule has 184 valence electrons. The van der Waals surface area contributed by atoms with Gasteiger partial charge in [-0.3, -0.25) is 5.10 Å². The normalized spacial score (nSPS) is 18.9. The zero-order valence-corrected chi connectivity index (χ0v) is 20.9. The molecule has 1 aliphatic carbocycles. The van der Waals surface area contributed by atoms with Gasteiger partial charge in [0.25, 0.3) is 10.0 Å². The number of ether oxygens (including phenoxy) is 1. The molecule has 1 fully saturated rings.